The molecule has 0 aliphatic carbocycles. The lowest BCUT2D eigenvalue weighted by atomic mass is 9.98. The van der Waals surface area contributed by atoms with Crippen LogP contribution < -0.4 is 5.32 Å². The van der Waals surface area contributed by atoms with E-state index < -0.39 is 6.04 Å². The van der Waals surface area contributed by atoms with Crippen LogP contribution in [-0.2, 0) is 4.79 Å². The van der Waals surface area contributed by atoms with Crippen molar-refractivity contribution in [3.8, 4) is 0 Å². The first-order valence-electron chi connectivity index (χ1n) is 7.79. The van der Waals surface area contributed by atoms with Gasteiger partial charge < -0.3 is 10.2 Å². The van der Waals surface area contributed by atoms with Crippen molar-refractivity contribution in [3.63, 3.8) is 0 Å². The van der Waals surface area contributed by atoms with Gasteiger partial charge >= 0.3 is 0 Å². The van der Waals surface area contributed by atoms with Crippen LogP contribution >= 0.6 is 0 Å². The van der Waals surface area contributed by atoms with Crippen molar-refractivity contribution < 1.29 is 9.59 Å². The molecule has 0 radical (unpaired) electrons. The number of rotatable bonds is 2. The zero-order chi connectivity index (χ0) is 16.4. The summed E-state index contributed by atoms with van der Waals surface area (Å²) in [6, 6.07) is 14.7. The Kier molecular flexibility index (Phi) is 4.15. The van der Waals surface area contributed by atoms with E-state index in [0.717, 1.165) is 16.7 Å². The first-order chi connectivity index (χ1) is 11.1. The van der Waals surface area contributed by atoms with E-state index in [1.807, 2.05) is 62.4 Å². The Labute approximate surface area is 136 Å². The molecule has 1 aliphatic heterocycles. The summed E-state index contributed by atoms with van der Waals surface area (Å²) in [6.07, 6.45) is 0. The third kappa shape index (κ3) is 2.97. The first-order valence-corrected chi connectivity index (χ1v) is 7.79. The SMILES string of the molecule is Cc1cccc(C2C(=O)NCCN2C(=O)c2ccccc2C)c1. The molecule has 0 spiro atoms. The molecule has 2 aromatic rings. The minimum Gasteiger partial charge on any atom is -0.352 e. The fourth-order valence-corrected chi connectivity index (χ4v) is 3.02. The average molecular weight is 308 g/mol. The molecule has 1 fully saturated rings. The van der Waals surface area contributed by atoms with Gasteiger partial charge in [-0.2, -0.15) is 0 Å². The second-order valence-corrected chi connectivity index (χ2v) is 5.92. The fourth-order valence-electron chi connectivity index (χ4n) is 3.02. The van der Waals surface area contributed by atoms with Gasteiger partial charge in [0.2, 0.25) is 5.91 Å². The topological polar surface area (TPSA) is 49.4 Å². The third-order valence-electron chi connectivity index (χ3n) is 4.21. The molecule has 1 atom stereocenters. The average Bonchev–Trinajstić information content (AvgIpc) is 2.54. The zero-order valence-corrected chi connectivity index (χ0v) is 13.4. The van der Waals surface area contributed by atoms with E-state index in [0.29, 0.717) is 18.7 Å². The van der Waals surface area contributed by atoms with E-state index in [-0.39, 0.29) is 11.8 Å². The maximum Gasteiger partial charge on any atom is 0.255 e. The molecule has 0 aromatic heterocycles. The molecule has 23 heavy (non-hydrogen) atoms. The van der Waals surface area contributed by atoms with E-state index >= 15 is 0 Å². The normalized spacial score (nSPS) is 17.7. The second-order valence-electron chi connectivity index (χ2n) is 5.92. The van der Waals surface area contributed by atoms with Crippen molar-refractivity contribution >= 4 is 11.8 Å². The van der Waals surface area contributed by atoms with Crippen LogP contribution in [0.15, 0.2) is 48.5 Å². The van der Waals surface area contributed by atoms with E-state index in [4.69, 9.17) is 0 Å². The summed E-state index contributed by atoms with van der Waals surface area (Å²) in [5.74, 6) is -0.215. The van der Waals surface area contributed by atoms with Gasteiger partial charge in [-0.25, -0.2) is 0 Å². The summed E-state index contributed by atoms with van der Waals surface area (Å²) in [6.45, 7) is 4.90. The lowest BCUT2D eigenvalue weighted by Gasteiger charge is -2.35. The summed E-state index contributed by atoms with van der Waals surface area (Å²) in [7, 11) is 0. The number of aryl methyl sites for hydroxylation is 2. The molecule has 1 heterocycles. The van der Waals surface area contributed by atoms with Gasteiger partial charge in [-0.3, -0.25) is 9.59 Å². The highest BCUT2D eigenvalue weighted by Gasteiger charge is 2.35. The second kappa shape index (κ2) is 6.24. The monoisotopic (exact) mass is 308 g/mol. The molecule has 1 unspecified atom stereocenters. The highest BCUT2D eigenvalue weighted by molar-refractivity contribution is 5.99. The van der Waals surface area contributed by atoms with Crippen LogP contribution in [0.5, 0.6) is 0 Å². The van der Waals surface area contributed by atoms with E-state index in [9.17, 15) is 9.59 Å². The molecule has 4 nitrogen and oxygen atoms in total. The summed E-state index contributed by atoms with van der Waals surface area (Å²) in [4.78, 5) is 27.1. The molecule has 2 amide bonds. The molecular weight excluding hydrogens is 288 g/mol. The van der Waals surface area contributed by atoms with Crippen LogP contribution in [0.2, 0.25) is 0 Å². The summed E-state index contributed by atoms with van der Waals surface area (Å²) in [5, 5.41) is 2.87. The number of nitrogens with one attached hydrogen (secondary N) is 1. The highest BCUT2D eigenvalue weighted by atomic mass is 16.2. The standard InChI is InChI=1S/C19H20N2O2/c1-13-6-5-8-15(12-13)17-18(22)20-10-11-21(17)19(23)16-9-4-3-7-14(16)2/h3-9,12,17H,10-11H2,1-2H3,(H,20,22). The molecule has 0 bridgehead atoms. The molecule has 1 saturated heterocycles. The molecule has 0 saturated carbocycles. The lowest BCUT2D eigenvalue weighted by molar-refractivity contribution is -0.128. The van der Waals surface area contributed by atoms with Crippen LogP contribution in [0.4, 0.5) is 0 Å². The summed E-state index contributed by atoms with van der Waals surface area (Å²) in [5.41, 5.74) is 3.50. The van der Waals surface area contributed by atoms with Gasteiger partial charge in [-0.05, 0) is 31.0 Å². The Balaban J connectivity index is 2.00. The number of carbonyl (C=O) groups is 2. The van der Waals surface area contributed by atoms with Crippen molar-refractivity contribution in [1.29, 1.82) is 0 Å². The Morgan fingerprint density at radius 2 is 1.91 bits per heavy atom. The van der Waals surface area contributed by atoms with E-state index in [1.54, 1.807) is 4.90 Å². The predicted molar refractivity (Wildman–Crippen MR) is 89.1 cm³/mol. The molecule has 3 rings (SSSR count). The van der Waals surface area contributed by atoms with Crippen molar-refractivity contribution in [2.75, 3.05) is 13.1 Å². The molecule has 118 valence electrons. The molecule has 1 N–H and O–H groups in total. The first kappa shape index (κ1) is 15.3. The number of hydrogen-bond acceptors (Lipinski definition) is 2. The third-order valence-corrected chi connectivity index (χ3v) is 4.21. The molecule has 4 heteroatoms. The van der Waals surface area contributed by atoms with Crippen LogP contribution in [0.3, 0.4) is 0 Å². The van der Waals surface area contributed by atoms with Gasteiger partial charge in [0.15, 0.2) is 0 Å². The summed E-state index contributed by atoms with van der Waals surface area (Å²) < 4.78 is 0. The van der Waals surface area contributed by atoms with Crippen LogP contribution in [0.25, 0.3) is 0 Å². The Hall–Kier alpha value is -2.62. The van der Waals surface area contributed by atoms with Crippen molar-refractivity contribution in [1.82, 2.24) is 10.2 Å². The fraction of sp³-hybridized carbons (Fsp3) is 0.263. The van der Waals surface area contributed by atoms with E-state index in [1.165, 1.54) is 0 Å². The van der Waals surface area contributed by atoms with Crippen molar-refractivity contribution in [3.05, 3.63) is 70.8 Å². The smallest absolute Gasteiger partial charge is 0.255 e. The highest BCUT2D eigenvalue weighted by Crippen LogP contribution is 2.26. The minimum absolute atomic E-state index is 0.0931. The van der Waals surface area contributed by atoms with Crippen molar-refractivity contribution in [2.24, 2.45) is 0 Å². The maximum atomic E-state index is 13.0. The Morgan fingerprint density at radius 1 is 1.13 bits per heavy atom. The quantitative estimate of drug-likeness (QED) is 0.927. The van der Waals surface area contributed by atoms with E-state index in [2.05, 4.69) is 5.32 Å². The molecule has 1 aliphatic rings. The lowest BCUT2D eigenvalue weighted by Crippen LogP contribution is -2.52. The van der Waals surface area contributed by atoms with Crippen molar-refractivity contribution in [2.45, 2.75) is 19.9 Å². The summed E-state index contributed by atoms with van der Waals surface area (Å²) >= 11 is 0. The van der Waals surface area contributed by atoms with Crippen LogP contribution in [0, 0.1) is 13.8 Å². The number of nitrogens with zero attached hydrogens (tertiary/aromatic N) is 1. The Morgan fingerprint density at radius 3 is 2.65 bits per heavy atom. The minimum atomic E-state index is -0.573. The maximum absolute atomic E-state index is 13.0. The number of piperazine rings is 1. The largest absolute Gasteiger partial charge is 0.352 e. The number of benzene rings is 2. The number of carbonyl (C=O) groups excluding carboxylic acids is 2. The van der Waals surface area contributed by atoms with Gasteiger partial charge in [0.25, 0.3) is 5.91 Å². The molecule has 2 aromatic carbocycles. The predicted octanol–water partition coefficient (Wildman–Crippen LogP) is 2.62. The molecular formula is C19H20N2O2. The zero-order valence-electron chi connectivity index (χ0n) is 13.4. The number of hydrogen-bond donors (Lipinski definition) is 1. The van der Waals surface area contributed by atoms with Crippen LogP contribution in [0.1, 0.15) is 33.1 Å². The van der Waals surface area contributed by atoms with Gasteiger partial charge in [-0.1, -0.05) is 48.0 Å². The van der Waals surface area contributed by atoms with Gasteiger partial charge in [0.05, 0.1) is 0 Å². The van der Waals surface area contributed by atoms with Crippen LogP contribution in [-0.4, -0.2) is 29.8 Å². The number of amides is 2. The van der Waals surface area contributed by atoms with Gasteiger partial charge in [0, 0.05) is 18.7 Å². The van der Waals surface area contributed by atoms with Gasteiger partial charge in [-0.15, -0.1) is 0 Å². The van der Waals surface area contributed by atoms with Gasteiger partial charge in [0.1, 0.15) is 6.04 Å². The Bertz CT molecular complexity index is 755.